The molecule has 0 aromatic heterocycles. The van der Waals surface area contributed by atoms with E-state index in [-0.39, 0.29) is 33.4 Å². The Hall–Kier alpha value is -3.61. The van der Waals surface area contributed by atoms with Gasteiger partial charge in [-0.15, -0.1) is 0 Å². The smallest absolute Gasteiger partial charge is 0.346 e. The van der Waals surface area contributed by atoms with Crippen molar-refractivity contribution in [2.75, 3.05) is 0 Å². The molecule has 25 heavy (non-hydrogen) atoms. The van der Waals surface area contributed by atoms with Gasteiger partial charge in [0.05, 0.1) is 16.7 Å². The Kier molecular flexibility index (Phi) is 3.76. The number of ketones is 1. The van der Waals surface area contributed by atoms with Crippen molar-refractivity contribution in [3.05, 3.63) is 70.3 Å². The van der Waals surface area contributed by atoms with Gasteiger partial charge in [0, 0.05) is 16.7 Å². The van der Waals surface area contributed by atoms with Crippen LogP contribution < -0.4 is 0 Å². The van der Waals surface area contributed by atoms with Gasteiger partial charge in [-0.1, -0.05) is 18.7 Å². The third-order valence-electron chi connectivity index (χ3n) is 3.80. The summed E-state index contributed by atoms with van der Waals surface area (Å²) >= 11 is 0. The zero-order valence-electron chi connectivity index (χ0n) is 13.0. The minimum atomic E-state index is -0.849. The molecule has 2 heterocycles. The fraction of sp³-hybridized carbons (Fsp3) is 0.0556. The van der Waals surface area contributed by atoms with E-state index >= 15 is 0 Å². The molecule has 0 spiro atoms. The van der Waals surface area contributed by atoms with Crippen LogP contribution in [-0.2, 0) is 19.1 Å². The molecule has 0 saturated heterocycles. The molecule has 1 aromatic rings. The predicted octanol–water partition coefficient (Wildman–Crippen LogP) is 1.69. The minimum Gasteiger partial charge on any atom is -0.386 e. The molecule has 0 amide bonds. The predicted molar refractivity (Wildman–Crippen MR) is 82.6 cm³/mol. The highest BCUT2D eigenvalue weighted by molar-refractivity contribution is 6.19. The molecule has 0 bridgehead atoms. The standard InChI is InChI=1S/C18H10O7/c1-3-9(6-12-8(2)15(20)24-17(12)22)14(19)10-4-5-11-13(7-10)18(23)25-16(11)21/h3-7H,1H2,2H3/b9-6+. The molecular formula is C18H10O7. The van der Waals surface area contributed by atoms with Crippen LogP contribution in [-0.4, -0.2) is 29.7 Å². The van der Waals surface area contributed by atoms with Crippen LogP contribution in [0.25, 0.3) is 0 Å². The highest BCUT2D eigenvalue weighted by Gasteiger charge is 2.31. The molecule has 7 nitrogen and oxygen atoms in total. The van der Waals surface area contributed by atoms with Crippen molar-refractivity contribution in [3.8, 4) is 0 Å². The van der Waals surface area contributed by atoms with Crippen LogP contribution in [0.4, 0.5) is 0 Å². The number of allylic oxidation sites excluding steroid dienone is 2. The third kappa shape index (κ3) is 2.61. The first kappa shape index (κ1) is 16.3. The summed E-state index contributed by atoms with van der Waals surface area (Å²) in [5, 5.41) is 0. The number of esters is 4. The zero-order valence-corrected chi connectivity index (χ0v) is 13.0. The largest absolute Gasteiger partial charge is 0.386 e. The number of fused-ring (bicyclic) bond motifs is 1. The van der Waals surface area contributed by atoms with Gasteiger partial charge in [-0.2, -0.15) is 0 Å². The molecule has 0 N–H and O–H groups in total. The van der Waals surface area contributed by atoms with Crippen LogP contribution in [0.3, 0.4) is 0 Å². The maximum absolute atomic E-state index is 12.6. The van der Waals surface area contributed by atoms with Gasteiger partial charge in [-0.05, 0) is 25.1 Å². The van der Waals surface area contributed by atoms with E-state index < -0.39 is 29.7 Å². The van der Waals surface area contributed by atoms with Gasteiger partial charge in [0.15, 0.2) is 5.78 Å². The van der Waals surface area contributed by atoms with Crippen molar-refractivity contribution in [2.45, 2.75) is 6.92 Å². The van der Waals surface area contributed by atoms with Gasteiger partial charge in [-0.25, -0.2) is 19.2 Å². The summed E-state index contributed by atoms with van der Waals surface area (Å²) in [6.45, 7) is 4.93. The highest BCUT2D eigenvalue weighted by Crippen LogP contribution is 2.24. The number of cyclic esters (lactones) is 4. The first-order valence-corrected chi connectivity index (χ1v) is 7.10. The van der Waals surface area contributed by atoms with Crippen LogP contribution >= 0.6 is 0 Å². The molecule has 2 aliphatic heterocycles. The van der Waals surface area contributed by atoms with E-state index in [1.807, 2.05) is 0 Å². The second-order valence-corrected chi connectivity index (χ2v) is 5.29. The highest BCUT2D eigenvalue weighted by atomic mass is 16.6. The van der Waals surface area contributed by atoms with E-state index in [2.05, 4.69) is 16.1 Å². The normalized spacial score (nSPS) is 16.8. The minimum absolute atomic E-state index is 0.00916. The lowest BCUT2D eigenvalue weighted by molar-refractivity contribution is -0.150. The van der Waals surface area contributed by atoms with Crippen LogP contribution in [0.1, 0.15) is 38.0 Å². The Bertz CT molecular complexity index is 960. The number of rotatable bonds is 4. The van der Waals surface area contributed by atoms with Crippen molar-refractivity contribution >= 4 is 29.7 Å². The fourth-order valence-corrected chi connectivity index (χ4v) is 2.41. The number of hydrogen-bond acceptors (Lipinski definition) is 7. The van der Waals surface area contributed by atoms with Gasteiger partial charge in [0.2, 0.25) is 0 Å². The number of carbonyl (C=O) groups is 5. The molecular weight excluding hydrogens is 328 g/mol. The zero-order chi connectivity index (χ0) is 18.3. The van der Waals surface area contributed by atoms with Gasteiger partial charge in [0.25, 0.3) is 0 Å². The molecule has 0 fully saturated rings. The summed E-state index contributed by atoms with van der Waals surface area (Å²) in [6, 6.07) is 3.91. The van der Waals surface area contributed by atoms with E-state index in [1.165, 1.54) is 37.3 Å². The van der Waals surface area contributed by atoms with Gasteiger partial charge >= 0.3 is 23.9 Å². The van der Waals surface area contributed by atoms with Crippen molar-refractivity contribution in [1.82, 2.24) is 0 Å². The Morgan fingerprint density at radius 1 is 0.960 bits per heavy atom. The molecule has 124 valence electrons. The molecule has 3 rings (SSSR count). The number of Topliss-reactive ketones (excluding diaryl/α,β-unsaturated/α-hetero) is 1. The van der Waals surface area contributed by atoms with Gasteiger partial charge in [0.1, 0.15) is 0 Å². The van der Waals surface area contributed by atoms with Gasteiger partial charge < -0.3 is 9.47 Å². The van der Waals surface area contributed by atoms with Crippen molar-refractivity contribution in [3.63, 3.8) is 0 Å². The second-order valence-electron chi connectivity index (χ2n) is 5.29. The van der Waals surface area contributed by atoms with E-state index in [0.29, 0.717) is 0 Å². The van der Waals surface area contributed by atoms with Crippen LogP contribution in [0.2, 0.25) is 0 Å². The molecule has 7 heteroatoms. The monoisotopic (exact) mass is 338 g/mol. The average molecular weight is 338 g/mol. The maximum Gasteiger partial charge on any atom is 0.346 e. The quantitative estimate of drug-likeness (QED) is 0.270. The number of ether oxygens (including phenoxy) is 2. The Morgan fingerprint density at radius 3 is 2.20 bits per heavy atom. The molecule has 1 aromatic carbocycles. The lowest BCUT2D eigenvalue weighted by Crippen LogP contribution is -2.06. The number of carbonyl (C=O) groups excluding carboxylic acids is 5. The Balaban J connectivity index is 2.01. The van der Waals surface area contributed by atoms with E-state index in [0.717, 1.165) is 0 Å². The van der Waals surface area contributed by atoms with E-state index in [9.17, 15) is 24.0 Å². The lowest BCUT2D eigenvalue weighted by atomic mass is 9.97. The summed E-state index contributed by atoms with van der Waals surface area (Å²) in [5.74, 6) is -3.77. The number of benzene rings is 1. The van der Waals surface area contributed by atoms with E-state index in [1.54, 1.807) is 0 Å². The Labute approximate surface area is 141 Å². The average Bonchev–Trinajstić information content (AvgIpc) is 3.00. The number of hydrogen-bond donors (Lipinski definition) is 0. The molecule has 0 aliphatic carbocycles. The van der Waals surface area contributed by atoms with Crippen molar-refractivity contribution < 1.29 is 33.4 Å². The SMILES string of the molecule is C=C/C(=C\C1=C(C)C(=O)OC1=O)C(=O)c1ccc2c(c1)C(=O)OC2=O. The van der Waals surface area contributed by atoms with Crippen molar-refractivity contribution in [1.29, 1.82) is 0 Å². The van der Waals surface area contributed by atoms with Crippen molar-refractivity contribution in [2.24, 2.45) is 0 Å². The summed E-state index contributed by atoms with van der Waals surface area (Å²) in [6.07, 6.45) is 2.42. The molecule has 0 radical (unpaired) electrons. The van der Waals surface area contributed by atoms with Crippen LogP contribution in [0.15, 0.2) is 53.6 Å². The topological polar surface area (TPSA) is 104 Å². The molecule has 0 saturated carbocycles. The third-order valence-corrected chi connectivity index (χ3v) is 3.80. The molecule has 0 atom stereocenters. The lowest BCUT2D eigenvalue weighted by Gasteiger charge is -2.03. The van der Waals surface area contributed by atoms with E-state index in [4.69, 9.17) is 0 Å². The first-order chi connectivity index (χ1) is 11.8. The van der Waals surface area contributed by atoms with Gasteiger partial charge in [-0.3, -0.25) is 4.79 Å². The van der Waals surface area contributed by atoms with Crippen LogP contribution in [0, 0.1) is 0 Å². The summed E-state index contributed by atoms with van der Waals surface area (Å²) in [7, 11) is 0. The van der Waals surface area contributed by atoms with Crippen LogP contribution in [0.5, 0.6) is 0 Å². The Morgan fingerprint density at radius 2 is 1.60 bits per heavy atom. The maximum atomic E-state index is 12.6. The second kappa shape index (κ2) is 5.79. The summed E-state index contributed by atoms with van der Waals surface area (Å²) in [4.78, 5) is 58.7. The molecule has 0 unspecified atom stereocenters. The first-order valence-electron chi connectivity index (χ1n) is 7.10. The summed E-state index contributed by atoms with van der Waals surface area (Å²) < 4.78 is 8.93. The molecule has 2 aliphatic rings. The summed E-state index contributed by atoms with van der Waals surface area (Å²) in [5.41, 5.74) is 0.245. The fourth-order valence-electron chi connectivity index (χ4n) is 2.41.